The van der Waals surface area contributed by atoms with Crippen molar-refractivity contribution >= 4 is 17.9 Å². The van der Waals surface area contributed by atoms with Crippen LogP contribution in [0, 0.1) is 0 Å². The molecule has 0 aliphatic carbocycles. The van der Waals surface area contributed by atoms with Crippen molar-refractivity contribution in [2.75, 3.05) is 13.2 Å². The molecule has 360 valence electrons. The van der Waals surface area contributed by atoms with E-state index in [2.05, 4.69) is 106 Å². The summed E-state index contributed by atoms with van der Waals surface area (Å²) in [5.74, 6) is -0.967. The highest BCUT2D eigenvalue weighted by molar-refractivity contribution is 5.71. The largest absolute Gasteiger partial charge is 0.462 e. The fourth-order valence-electron chi connectivity index (χ4n) is 6.93. The Morgan fingerprint density at radius 1 is 0.333 bits per heavy atom. The smallest absolute Gasteiger partial charge is 0.306 e. The maximum Gasteiger partial charge on any atom is 0.306 e. The Bertz CT molecular complexity index is 1240. The summed E-state index contributed by atoms with van der Waals surface area (Å²) < 4.78 is 16.7. The quantitative estimate of drug-likeness (QED) is 0.0262. The van der Waals surface area contributed by atoms with Crippen LogP contribution in [0.1, 0.15) is 239 Å². The molecular weight excluding hydrogens is 781 g/mol. The van der Waals surface area contributed by atoms with Gasteiger partial charge in [-0.2, -0.15) is 0 Å². The Morgan fingerprint density at radius 2 is 0.619 bits per heavy atom. The van der Waals surface area contributed by atoms with E-state index in [0.717, 1.165) is 122 Å². The van der Waals surface area contributed by atoms with Crippen molar-refractivity contribution in [1.29, 1.82) is 0 Å². The molecule has 0 saturated carbocycles. The fraction of sp³-hybridized carbons (Fsp3) is 0.702. The monoisotopic (exact) mass is 877 g/mol. The van der Waals surface area contributed by atoms with Gasteiger partial charge in [-0.05, 0) is 116 Å². The minimum absolute atomic E-state index is 0.102. The van der Waals surface area contributed by atoms with Crippen molar-refractivity contribution in [2.45, 2.75) is 245 Å². The van der Waals surface area contributed by atoms with Gasteiger partial charge in [-0.15, -0.1) is 0 Å². The molecule has 0 aromatic heterocycles. The summed E-state index contributed by atoms with van der Waals surface area (Å²) >= 11 is 0. The second-order valence-corrected chi connectivity index (χ2v) is 17.0. The molecular formula is C57H96O6. The summed E-state index contributed by atoms with van der Waals surface area (Å²) in [5.41, 5.74) is 0. The Balaban J connectivity index is 4.47. The maximum absolute atomic E-state index is 12.8. The molecule has 6 nitrogen and oxygen atoms in total. The lowest BCUT2D eigenvalue weighted by Crippen LogP contribution is -2.30. The molecule has 0 rings (SSSR count). The van der Waals surface area contributed by atoms with Crippen molar-refractivity contribution < 1.29 is 28.6 Å². The molecule has 0 aliphatic heterocycles. The number of rotatable bonds is 46. The van der Waals surface area contributed by atoms with E-state index in [-0.39, 0.29) is 31.1 Å². The van der Waals surface area contributed by atoms with E-state index >= 15 is 0 Å². The van der Waals surface area contributed by atoms with Crippen LogP contribution in [0.15, 0.2) is 85.1 Å². The summed E-state index contributed by atoms with van der Waals surface area (Å²) in [6.45, 7) is 6.45. The molecule has 0 fully saturated rings. The van der Waals surface area contributed by atoms with Gasteiger partial charge in [0.1, 0.15) is 13.2 Å². The first-order valence-corrected chi connectivity index (χ1v) is 26.1. The minimum Gasteiger partial charge on any atom is -0.462 e. The molecule has 63 heavy (non-hydrogen) atoms. The predicted molar refractivity (Wildman–Crippen MR) is 270 cm³/mol. The highest BCUT2D eigenvalue weighted by Crippen LogP contribution is 2.13. The molecule has 6 heteroatoms. The van der Waals surface area contributed by atoms with Crippen LogP contribution in [-0.2, 0) is 28.6 Å². The van der Waals surface area contributed by atoms with E-state index in [0.29, 0.717) is 19.3 Å². The molecule has 0 saturated heterocycles. The number of carbonyl (C=O) groups excluding carboxylic acids is 3. The van der Waals surface area contributed by atoms with E-state index in [1.165, 1.54) is 77.0 Å². The number of ether oxygens (including phenoxy) is 3. The number of allylic oxidation sites excluding steroid dienone is 14. The number of hydrogen-bond acceptors (Lipinski definition) is 6. The van der Waals surface area contributed by atoms with Crippen LogP contribution in [-0.4, -0.2) is 37.2 Å². The Morgan fingerprint density at radius 3 is 0.984 bits per heavy atom. The lowest BCUT2D eigenvalue weighted by molar-refractivity contribution is -0.167. The predicted octanol–water partition coefficient (Wildman–Crippen LogP) is 17.2. The van der Waals surface area contributed by atoms with E-state index in [1.54, 1.807) is 0 Å². The zero-order valence-electron chi connectivity index (χ0n) is 41.1. The molecule has 0 N–H and O–H groups in total. The molecule has 0 bridgehead atoms. The standard InChI is InChI=1S/C57H96O6/c1-4-7-10-13-16-19-22-25-26-27-28-29-30-33-35-38-41-44-47-50-56(59)62-53-54(63-57(60)51-48-45-42-39-36-32-24-21-18-15-12-9-6-3)52-61-55(58)49-46-43-40-37-34-31-23-20-17-14-11-8-5-2/h7,10,16,19,25-26,28-29,31-36,54H,4-6,8-9,11-15,17-18,20-24,27,30,37-53H2,1-3H3/b10-7-,19-16-,26-25-,29-28-,34-31-,35-33-,36-32-. The van der Waals surface area contributed by atoms with Crippen molar-refractivity contribution in [3.05, 3.63) is 85.1 Å². The third kappa shape index (κ3) is 49.5. The normalized spacial score (nSPS) is 12.7. The van der Waals surface area contributed by atoms with Gasteiger partial charge in [0.25, 0.3) is 0 Å². The second kappa shape index (κ2) is 51.2. The summed E-state index contributed by atoms with van der Waals surface area (Å²) in [4.78, 5) is 38.0. The van der Waals surface area contributed by atoms with E-state index in [4.69, 9.17) is 14.2 Å². The van der Waals surface area contributed by atoms with Crippen molar-refractivity contribution in [3.63, 3.8) is 0 Å². The first kappa shape index (κ1) is 59.6. The summed E-state index contributed by atoms with van der Waals surface area (Å²) in [6.07, 6.45) is 65.7. The zero-order chi connectivity index (χ0) is 45.8. The summed E-state index contributed by atoms with van der Waals surface area (Å²) in [6, 6.07) is 0. The van der Waals surface area contributed by atoms with Crippen LogP contribution in [0.4, 0.5) is 0 Å². The first-order chi connectivity index (χ1) is 31.0. The Hall–Kier alpha value is -3.41. The number of hydrogen-bond donors (Lipinski definition) is 0. The van der Waals surface area contributed by atoms with Gasteiger partial charge in [0.2, 0.25) is 0 Å². The van der Waals surface area contributed by atoms with Crippen LogP contribution in [0.3, 0.4) is 0 Å². The number of unbranched alkanes of at least 4 members (excludes halogenated alkanes) is 21. The van der Waals surface area contributed by atoms with Gasteiger partial charge in [-0.3, -0.25) is 14.4 Å². The molecule has 1 unspecified atom stereocenters. The second-order valence-electron chi connectivity index (χ2n) is 17.0. The average molecular weight is 877 g/mol. The Kier molecular flexibility index (Phi) is 48.5. The van der Waals surface area contributed by atoms with Gasteiger partial charge in [0.05, 0.1) is 0 Å². The first-order valence-electron chi connectivity index (χ1n) is 26.1. The molecule has 0 spiro atoms. The van der Waals surface area contributed by atoms with Crippen molar-refractivity contribution in [3.8, 4) is 0 Å². The third-order valence-corrected chi connectivity index (χ3v) is 10.9. The Labute approximate surface area is 388 Å². The third-order valence-electron chi connectivity index (χ3n) is 10.9. The van der Waals surface area contributed by atoms with E-state index in [1.807, 2.05) is 0 Å². The summed E-state index contributed by atoms with van der Waals surface area (Å²) in [5, 5.41) is 0. The molecule has 0 aliphatic rings. The molecule has 0 aromatic rings. The number of esters is 3. The molecule has 0 amide bonds. The van der Waals surface area contributed by atoms with Gasteiger partial charge in [0, 0.05) is 19.3 Å². The molecule has 0 radical (unpaired) electrons. The highest BCUT2D eigenvalue weighted by atomic mass is 16.6. The molecule has 1 atom stereocenters. The SMILES string of the molecule is CC/C=C\C/C=C\C/C=C\C/C=C\C/C=C\CCCCCC(=O)OCC(COC(=O)CCCCC/C=C\CCCCCCCC)OC(=O)CCCCC/C=C\CCCCCCCC. The topological polar surface area (TPSA) is 78.9 Å². The van der Waals surface area contributed by atoms with Crippen LogP contribution in [0.25, 0.3) is 0 Å². The van der Waals surface area contributed by atoms with Gasteiger partial charge < -0.3 is 14.2 Å². The molecule has 0 aromatic carbocycles. The highest BCUT2D eigenvalue weighted by Gasteiger charge is 2.19. The average Bonchev–Trinajstić information content (AvgIpc) is 3.28. The maximum atomic E-state index is 12.8. The number of carbonyl (C=O) groups is 3. The summed E-state index contributed by atoms with van der Waals surface area (Å²) in [7, 11) is 0. The minimum atomic E-state index is -0.803. The van der Waals surface area contributed by atoms with Crippen molar-refractivity contribution in [2.24, 2.45) is 0 Å². The van der Waals surface area contributed by atoms with E-state index in [9.17, 15) is 14.4 Å². The van der Waals surface area contributed by atoms with E-state index < -0.39 is 6.10 Å². The van der Waals surface area contributed by atoms with Gasteiger partial charge in [0.15, 0.2) is 6.10 Å². The lowest BCUT2D eigenvalue weighted by atomic mass is 10.1. The van der Waals surface area contributed by atoms with Crippen LogP contribution >= 0.6 is 0 Å². The van der Waals surface area contributed by atoms with Gasteiger partial charge >= 0.3 is 17.9 Å². The fourth-order valence-corrected chi connectivity index (χ4v) is 6.93. The van der Waals surface area contributed by atoms with Gasteiger partial charge in [-0.25, -0.2) is 0 Å². The van der Waals surface area contributed by atoms with Crippen molar-refractivity contribution in [1.82, 2.24) is 0 Å². The van der Waals surface area contributed by atoms with Crippen LogP contribution < -0.4 is 0 Å². The zero-order valence-corrected chi connectivity index (χ0v) is 41.1. The van der Waals surface area contributed by atoms with Gasteiger partial charge in [-0.1, -0.05) is 189 Å². The molecule has 0 heterocycles. The lowest BCUT2D eigenvalue weighted by Gasteiger charge is -2.18. The van der Waals surface area contributed by atoms with Crippen LogP contribution in [0.2, 0.25) is 0 Å². The van der Waals surface area contributed by atoms with Crippen LogP contribution in [0.5, 0.6) is 0 Å².